The average Bonchev–Trinajstić information content (AvgIpc) is 2.90. The number of halogens is 1. The molecule has 1 amide bonds. The summed E-state index contributed by atoms with van der Waals surface area (Å²) >= 11 is 0. The molecule has 0 bridgehead atoms. The molecule has 110 valence electrons. The number of amides is 1. The first-order valence-electron chi connectivity index (χ1n) is 6.67. The standard InChI is InChI=1S/C17H13FN2O2/c1-22-14-8-2-11(3-9-14)10-15-17(21)20-16(19-15)12-4-6-13(18)7-5-12/h2-10H,1H3,(H,19,20,21)/b15-10+. The normalized spacial score (nSPS) is 15.6. The first kappa shape index (κ1) is 14.0. The first-order chi connectivity index (χ1) is 10.7. The second-order valence-corrected chi connectivity index (χ2v) is 4.72. The van der Waals surface area contributed by atoms with E-state index in [1.165, 1.54) is 12.1 Å². The van der Waals surface area contributed by atoms with Crippen LogP contribution in [-0.2, 0) is 4.79 Å². The van der Waals surface area contributed by atoms with Crippen LogP contribution in [0.25, 0.3) is 6.08 Å². The van der Waals surface area contributed by atoms with Gasteiger partial charge in [0.1, 0.15) is 23.1 Å². The summed E-state index contributed by atoms with van der Waals surface area (Å²) in [6.45, 7) is 0. The highest BCUT2D eigenvalue weighted by molar-refractivity contribution is 6.19. The zero-order valence-electron chi connectivity index (χ0n) is 11.8. The van der Waals surface area contributed by atoms with E-state index in [0.717, 1.165) is 11.3 Å². The second-order valence-electron chi connectivity index (χ2n) is 4.72. The smallest absolute Gasteiger partial charge is 0.275 e. The van der Waals surface area contributed by atoms with Gasteiger partial charge in [-0.05, 0) is 48.0 Å². The predicted molar refractivity (Wildman–Crippen MR) is 82.1 cm³/mol. The molecule has 0 spiro atoms. The number of aliphatic imine (C=N–C) groups is 1. The second kappa shape index (κ2) is 5.81. The molecule has 1 N–H and O–H groups in total. The van der Waals surface area contributed by atoms with Crippen molar-refractivity contribution in [3.63, 3.8) is 0 Å². The molecule has 2 aromatic carbocycles. The molecule has 4 nitrogen and oxygen atoms in total. The predicted octanol–water partition coefficient (Wildman–Crippen LogP) is 2.75. The molecule has 0 atom stereocenters. The van der Waals surface area contributed by atoms with Crippen molar-refractivity contribution < 1.29 is 13.9 Å². The number of nitrogens with one attached hydrogen (secondary N) is 1. The third kappa shape index (κ3) is 2.88. The van der Waals surface area contributed by atoms with Gasteiger partial charge in [0.05, 0.1) is 7.11 Å². The summed E-state index contributed by atoms with van der Waals surface area (Å²) in [5.74, 6) is 0.552. The number of carbonyl (C=O) groups excluding carboxylic acids is 1. The number of benzene rings is 2. The van der Waals surface area contributed by atoms with Crippen LogP contribution in [0.3, 0.4) is 0 Å². The Morgan fingerprint density at radius 1 is 1.09 bits per heavy atom. The van der Waals surface area contributed by atoms with Crippen molar-refractivity contribution >= 4 is 17.8 Å². The third-order valence-corrected chi connectivity index (χ3v) is 3.23. The Morgan fingerprint density at radius 3 is 2.41 bits per heavy atom. The van der Waals surface area contributed by atoms with Crippen LogP contribution in [0.5, 0.6) is 5.75 Å². The fraction of sp³-hybridized carbons (Fsp3) is 0.0588. The van der Waals surface area contributed by atoms with Crippen LogP contribution < -0.4 is 10.1 Å². The van der Waals surface area contributed by atoms with E-state index in [4.69, 9.17) is 4.74 Å². The molecule has 0 fully saturated rings. The summed E-state index contributed by atoms with van der Waals surface area (Å²) in [5.41, 5.74) is 1.81. The molecule has 5 heteroatoms. The SMILES string of the molecule is COc1ccc(/C=C2/N=C(c3ccc(F)cc3)NC2=O)cc1. The number of methoxy groups -OCH3 is 1. The van der Waals surface area contributed by atoms with Gasteiger partial charge in [0.2, 0.25) is 0 Å². The Bertz CT molecular complexity index is 762. The van der Waals surface area contributed by atoms with Gasteiger partial charge in [-0.3, -0.25) is 4.79 Å². The van der Waals surface area contributed by atoms with Crippen molar-refractivity contribution in [1.82, 2.24) is 5.32 Å². The van der Waals surface area contributed by atoms with E-state index in [-0.39, 0.29) is 11.7 Å². The number of ether oxygens (including phenoxy) is 1. The van der Waals surface area contributed by atoms with Crippen LogP contribution in [0.4, 0.5) is 4.39 Å². The molecule has 22 heavy (non-hydrogen) atoms. The fourth-order valence-corrected chi connectivity index (χ4v) is 2.07. The lowest BCUT2D eigenvalue weighted by atomic mass is 10.2. The fourth-order valence-electron chi connectivity index (χ4n) is 2.07. The maximum absolute atomic E-state index is 12.9. The Labute approximate surface area is 127 Å². The lowest BCUT2D eigenvalue weighted by molar-refractivity contribution is -0.115. The van der Waals surface area contributed by atoms with Crippen LogP contribution in [0, 0.1) is 5.82 Å². The molecule has 1 aliphatic heterocycles. The van der Waals surface area contributed by atoms with Crippen molar-refractivity contribution in [3.05, 3.63) is 71.2 Å². The van der Waals surface area contributed by atoms with Crippen LogP contribution >= 0.6 is 0 Å². The van der Waals surface area contributed by atoms with Gasteiger partial charge in [0.25, 0.3) is 5.91 Å². The minimum Gasteiger partial charge on any atom is -0.497 e. The van der Waals surface area contributed by atoms with E-state index in [1.807, 2.05) is 24.3 Å². The lowest BCUT2D eigenvalue weighted by Crippen LogP contribution is -2.24. The monoisotopic (exact) mass is 296 g/mol. The highest BCUT2D eigenvalue weighted by Crippen LogP contribution is 2.17. The molecular formula is C17H13FN2O2. The zero-order valence-corrected chi connectivity index (χ0v) is 11.8. The number of amidine groups is 1. The number of carbonyl (C=O) groups is 1. The summed E-state index contributed by atoms with van der Waals surface area (Å²) in [7, 11) is 1.59. The van der Waals surface area contributed by atoms with E-state index >= 15 is 0 Å². The van der Waals surface area contributed by atoms with Gasteiger partial charge < -0.3 is 10.1 Å². The quantitative estimate of drug-likeness (QED) is 0.885. The number of hydrogen-bond donors (Lipinski definition) is 1. The maximum Gasteiger partial charge on any atom is 0.275 e. The molecule has 0 radical (unpaired) electrons. The van der Waals surface area contributed by atoms with E-state index in [9.17, 15) is 9.18 Å². The summed E-state index contributed by atoms with van der Waals surface area (Å²) in [5, 5.41) is 2.68. The molecule has 0 saturated carbocycles. The van der Waals surface area contributed by atoms with E-state index in [0.29, 0.717) is 17.1 Å². The Kier molecular flexibility index (Phi) is 3.70. The maximum atomic E-state index is 12.9. The molecule has 0 unspecified atom stereocenters. The molecular weight excluding hydrogens is 283 g/mol. The van der Waals surface area contributed by atoms with E-state index < -0.39 is 0 Å². The summed E-state index contributed by atoms with van der Waals surface area (Å²) in [6, 6.07) is 13.1. The molecule has 1 aliphatic rings. The van der Waals surface area contributed by atoms with Crippen molar-refractivity contribution in [3.8, 4) is 5.75 Å². The molecule has 0 aromatic heterocycles. The van der Waals surface area contributed by atoms with E-state index in [1.54, 1.807) is 25.3 Å². The van der Waals surface area contributed by atoms with Crippen molar-refractivity contribution in [2.45, 2.75) is 0 Å². The number of rotatable bonds is 3. The largest absolute Gasteiger partial charge is 0.497 e. The van der Waals surface area contributed by atoms with Crippen LogP contribution in [0.2, 0.25) is 0 Å². The van der Waals surface area contributed by atoms with Gasteiger partial charge in [0, 0.05) is 5.56 Å². The van der Waals surface area contributed by atoms with Crippen LogP contribution in [-0.4, -0.2) is 18.9 Å². The third-order valence-electron chi connectivity index (χ3n) is 3.23. The Morgan fingerprint density at radius 2 is 1.77 bits per heavy atom. The molecule has 3 rings (SSSR count). The van der Waals surface area contributed by atoms with Gasteiger partial charge in [-0.2, -0.15) is 0 Å². The van der Waals surface area contributed by atoms with Gasteiger partial charge in [-0.1, -0.05) is 12.1 Å². The summed E-state index contributed by atoms with van der Waals surface area (Å²) < 4.78 is 18.0. The minimum absolute atomic E-state index is 0.282. The molecule has 2 aromatic rings. The first-order valence-corrected chi connectivity index (χ1v) is 6.67. The summed E-state index contributed by atoms with van der Waals surface area (Å²) in [4.78, 5) is 16.2. The van der Waals surface area contributed by atoms with Gasteiger partial charge in [-0.15, -0.1) is 0 Å². The number of hydrogen-bond acceptors (Lipinski definition) is 3. The van der Waals surface area contributed by atoms with Crippen molar-refractivity contribution in [1.29, 1.82) is 0 Å². The van der Waals surface area contributed by atoms with Crippen molar-refractivity contribution in [2.75, 3.05) is 7.11 Å². The minimum atomic E-state index is -0.331. The molecule has 0 aliphatic carbocycles. The highest BCUT2D eigenvalue weighted by atomic mass is 19.1. The van der Waals surface area contributed by atoms with Crippen molar-refractivity contribution in [2.24, 2.45) is 4.99 Å². The topological polar surface area (TPSA) is 50.7 Å². The summed E-state index contributed by atoms with van der Waals surface area (Å²) in [6.07, 6.45) is 1.69. The van der Waals surface area contributed by atoms with E-state index in [2.05, 4.69) is 10.3 Å². The lowest BCUT2D eigenvalue weighted by Gasteiger charge is -1.99. The molecule has 1 heterocycles. The van der Waals surface area contributed by atoms with Gasteiger partial charge >= 0.3 is 0 Å². The Hall–Kier alpha value is -2.95. The molecule has 0 saturated heterocycles. The average molecular weight is 296 g/mol. The van der Waals surface area contributed by atoms with Gasteiger partial charge in [-0.25, -0.2) is 9.38 Å². The van der Waals surface area contributed by atoms with Crippen LogP contribution in [0.15, 0.2) is 59.2 Å². The zero-order chi connectivity index (χ0) is 15.5. The van der Waals surface area contributed by atoms with Gasteiger partial charge in [0.15, 0.2) is 0 Å². The highest BCUT2D eigenvalue weighted by Gasteiger charge is 2.20. The van der Waals surface area contributed by atoms with Crippen LogP contribution in [0.1, 0.15) is 11.1 Å². The number of nitrogens with zero attached hydrogens (tertiary/aromatic N) is 1. The Balaban J connectivity index is 1.88.